The number of benzene rings is 1. The summed E-state index contributed by atoms with van der Waals surface area (Å²) in [7, 11) is 3.99. The minimum absolute atomic E-state index is 0.158. The van der Waals surface area contributed by atoms with Gasteiger partial charge >= 0.3 is 0 Å². The molecule has 1 aromatic carbocycles. The fourth-order valence-electron chi connectivity index (χ4n) is 5.07. The fourth-order valence-corrected chi connectivity index (χ4v) is 5.07. The molecule has 0 bridgehead atoms. The van der Waals surface area contributed by atoms with E-state index in [1.807, 2.05) is 32.3 Å². The summed E-state index contributed by atoms with van der Waals surface area (Å²) in [5, 5.41) is 10.8. The van der Waals surface area contributed by atoms with Crippen molar-refractivity contribution in [2.75, 3.05) is 50.5 Å². The molecule has 0 amide bonds. The van der Waals surface area contributed by atoms with Crippen LogP contribution in [-0.4, -0.2) is 91.3 Å². The number of aromatic amines is 2. The molecule has 6 aromatic rings. The molecule has 1 aliphatic rings. The van der Waals surface area contributed by atoms with E-state index in [2.05, 4.69) is 40.3 Å². The van der Waals surface area contributed by atoms with E-state index in [-0.39, 0.29) is 11.9 Å². The number of imidazole rings is 1. The Labute approximate surface area is 240 Å². The molecule has 1 saturated heterocycles. The van der Waals surface area contributed by atoms with E-state index in [9.17, 15) is 4.39 Å². The Kier molecular flexibility index (Phi) is 6.44. The van der Waals surface area contributed by atoms with E-state index in [4.69, 9.17) is 20.7 Å². The Bertz CT molecular complexity index is 1910. The standard InChI is InChI=1S/C29H29FN12/c1-41(2)6-5-34-19-8-16(7-17(30)9-19)20-10-32-12-24-26(20)38-29(37-24)28-27-22(39-40-28)4-3-21(36-27)23-11-33-13-25(35-23)42-14-18(31)15-42/h3-4,7-13,18,34H,5-6,14-15,31H2,1-2H3,(H,37,38)(H,39,40). The number of pyridine rings is 2. The van der Waals surface area contributed by atoms with Gasteiger partial charge in [-0.05, 0) is 50.0 Å². The first-order valence-electron chi connectivity index (χ1n) is 13.6. The van der Waals surface area contributed by atoms with Crippen molar-refractivity contribution in [2.24, 2.45) is 5.73 Å². The molecule has 13 heteroatoms. The van der Waals surface area contributed by atoms with Gasteiger partial charge in [-0.1, -0.05) is 0 Å². The molecule has 0 saturated carbocycles. The van der Waals surface area contributed by atoms with Crippen molar-refractivity contribution < 1.29 is 4.39 Å². The highest BCUT2D eigenvalue weighted by Gasteiger charge is 2.25. The number of nitrogens with one attached hydrogen (secondary N) is 3. The summed E-state index contributed by atoms with van der Waals surface area (Å²) in [6.45, 7) is 3.02. The van der Waals surface area contributed by atoms with Crippen LogP contribution >= 0.6 is 0 Å². The van der Waals surface area contributed by atoms with Gasteiger partial charge in [-0.15, -0.1) is 0 Å². The van der Waals surface area contributed by atoms with Gasteiger partial charge in [0.2, 0.25) is 0 Å². The van der Waals surface area contributed by atoms with Crippen molar-refractivity contribution in [1.82, 2.24) is 45.0 Å². The van der Waals surface area contributed by atoms with Crippen LogP contribution in [0.5, 0.6) is 0 Å². The first kappa shape index (κ1) is 25.9. The molecule has 0 unspecified atom stereocenters. The predicted molar refractivity (Wildman–Crippen MR) is 160 cm³/mol. The van der Waals surface area contributed by atoms with Crippen LogP contribution in [0.25, 0.3) is 56.1 Å². The van der Waals surface area contributed by atoms with Crippen molar-refractivity contribution in [3.63, 3.8) is 0 Å². The van der Waals surface area contributed by atoms with Crippen LogP contribution in [0.2, 0.25) is 0 Å². The Morgan fingerprint density at radius 1 is 0.976 bits per heavy atom. The zero-order chi connectivity index (χ0) is 28.8. The van der Waals surface area contributed by atoms with Crippen molar-refractivity contribution in [3.8, 4) is 34.0 Å². The molecule has 5 aromatic heterocycles. The van der Waals surface area contributed by atoms with E-state index in [1.165, 1.54) is 12.1 Å². The first-order chi connectivity index (χ1) is 20.4. The van der Waals surface area contributed by atoms with Gasteiger partial charge in [0.25, 0.3) is 0 Å². The van der Waals surface area contributed by atoms with Crippen molar-refractivity contribution >= 4 is 33.6 Å². The van der Waals surface area contributed by atoms with Crippen LogP contribution in [0.1, 0.15) is 0 Å². The predicted octanol–water partition coefficient (Wildman–Crippen LogP) is 3.28. The molecule has 0 atom stereocenters. The minimum atomic E-state index is -0.341. The summed E-state index contributed by atoms with van der Waals surface area (Å²) in [6, 6.07) is 8.84. The maximum Gasteiger partial charge on any atom is 0.161 e. The number of likely N-dealkylation sites (N-methyl/N-ethyl adjacent to an activating group) is 1. The summed E-state index contributed by atoms with van der Waals surface area (Å²) >= 11 is 0. The lowest BCUT2D eigenvalue weighted by Gasteiger charge is -2.37. The first-order valence-corrected chi connectivity index (χ1v) is 13.6. The van der Waals surface area contributed by atoms with Gasteiger partial charge in [0.05, 0.1) is 40.8 Å². The van der Waals surface area contributed by atoms with Gasteiger partial charge in [-0.3, -0.25) is 15.1 Å². The Hall–Kier alpha value is -5.01. The average Bonchev–Trinajstić information content (AvgIpc) is 3.59. The molecule has 6 heterocycles. The summed E-state index contributed by atoms with van der Waals surface area (Å²) in [5.41, 5.74) is 12.6. The molecular weight excluding hydrogens is 535 g/mol. The monoisotopic (exact) mass is 564 g/mol. The second-order valence-electron chi connectivity index (χ2n) is 10.7. The molecule has 12 nitrogen and oxygen atoms in total. The Balaban J connectivity index is 1.24. The fraction of sp³-hybridized carbons (Fsp3) is 0.241. The highest BCUT2D eigenvalue weighted by atomic mass is 19.1. The molecule has 0 radical (unpaired) electrons. The van der Waals surface area contributed by atoms with Crippen LogP contribution in [-0.2, 0) is 0 Å². The third-order valence-corrected chi connectivity index (χ3v) is 7.24. The quantitative estimate of drug-likeness (QED) is 0.217. The number of nitrogens with two attached hydrogens (primary N) is 1. The van der Waals surface area contributed by atoms with Gasteiger partial charge in [-0.25, -0.2) is 19.3 Å². The maximum atomic E-state index is 14.7. The van der Waals surface area contributed by atoms with Crippen LogP contribution in [0.4, 0.5) is 15.9 Å². The number of hydrogen-bond donors (Lipinski definition) is 4. The molecule has 42 heavy (non-hydrogen) atoms. The second kappa shape index (κ2) is 10.4. The highest BCUT2D eigenvalue weighted by molar-refractivity contribution is 5.96. The van der Waals surface area contributed by atoms with E-state index in [0.29, 0.717) is 62.8 Å². The van der Waals surface area contributed by atoms with Gasteiger partial charge in [0, 0.05) is 49.7 Å². The molecule has 0 aliphatic carbocycles. The zero-order valence-electron chi connectivity index (χ0n) is 23.1. The van der Waals surface area contributed by atoms with Gasteiger partial charge in [-0.2, -0.15) is 5.10 Å². The van der Waals surface area contributed by atoms with E-state index in [0.717, 1.165) is 31.0 Å². The third-order valence-electron chi connectivity index (χ3n) is 7.24. The van der Waals surface area contributed by atoms with E-state index in [1.54, 1.807) is 24.8 Å². The van der Waals surface area contributed by atoms with Crippen LogP contribution in [0.15, 0.2) is 55.1 Å². The number of nitrogens with zero attached hydrogens (tertiary/aromatic N) is 8. The van der Waals surface area contributed by atoms with Crippen LogP contribution < -0.4 is 16.0 Å². The van der Waals surface area contributed by atoms with E-state index < -0.39 is 0 Å². The number of halogens is 1. The molecule has 1 aliphatic heterocycles. The summed E-state index contributed by atoms with van der Waals surface area (Å²) in [5.74, 6) is 0.950. The molecule has 7 rings (SSSR count). The molecular formula is C29H29FN12. The van der Waals surface area contributed by atoms with Gasteiger partial charge < -0.3 is 25.8 Å². The van der Waals surface area contributed by atoms with Crippen molar-refractivity contribution in [2.45, 2.75) is 6.04 Å². The Morgan fingerprint density at radius 2 is 1.83 bits per heavy atom. The third kappa shape index (κ3) is 4.88. The topological polar surface area (TPSA) is 153 Å². The summed E-state index contributed by atoms with van der Waals surface area (Å²) in [4.78, 5) is 30.8. The normalized spacial score (nSPS) is 13.8. The summed E-state index contributed by atoms with van der Waals surface area (Å²) in [6.07, 6.45) is 6.82. The molecule has 1 fully saturated rings. The number of fused-ring (bicyclic) bond motifs is 2. The van der Waals surface area contributed by atoms with Gasteiger partial charge in [0.15, 0.2) is 11.5 Å². The highest BCUT2D eigenvalue weighted by Crippen LogP contribution is 2.33. The lowest BCUT2D eigenvalue weighted by atomic mass is 10.1. The molecule has 212 valence electrons. The zero-order valence-corrected chi connectivity index (χ0v) is 23.1. The van der Waals surface area contributed by atoms with Crippen molar-refractivity contribution in [1.29, 1.82) is 0 Å². The summed E-state index contributed by atoms with van der Waals surface area (Å²) < 4.78 is 14.7. The van der Waals surface area contributed by atoms with E-state index >= 15 is 0 Å². The number of anilines is 2. The SMILES string of the molecule is CN(C)CCNc1cc(F)cc(-c2cncc3[nH]c(-c4n[nH]c5ccc(-c6cncc(N7CC(N)C7)n6)nc45)nc23)c1. The lowest BCUT2D eigenvalue weighted by Crippen LogP contribution is -2.56. The number of hydrogen-bond acceptors (Lipinski definition) is 10. The van der Waals surface area contributed by atoms with Crippen molar-refractivity contribution in [3.05, 3.63) is 60.9 Å². The number of rotatable bonds is 8. The van der Waals surface area contributed by atoms with Gasteiger partial charge in [0.1, 0.15) is 22.8 Å². The van der Waals surface area contributed by atoms with Crippen LogP contribution in [0, 0.1) is 5.82 Å². The lowest BCUT2D eigenvalue weighted by molar-refractivity contribution is 0.425. The minimum Gasteiger partial charge on any atom is -0.384 e. The second-order valence-corrected chi connectivity index (χ2v) is 10.7. The number of aromatic nitrogens is 8. The largest absolute Gasteiger partial charge is 0.384 e. The molecule has 5 N–H and O–H groups in total. The molecule has 0 spiro atoms. The Morgan fingerprint density at radius 3 is 2.67 bits per heavy atom. The smallest absolute Gasteiger partial charge is 0.161 e. The number of H-pyrrole nitrogens is 2. The maximum absolute atomic E-state index is 14.7. The van der Waals surface area contributed by atoms with Crippen LogP contribution in [0.3, 0.4) is 0 Å². The average molecular weight is 565 g/mol.